The highest BCUT2D eigenvalue weighted by Crippen LogP contribution is 2.34. The van der Waals surface area contributed by atoms with Crippen molar-refractivity contribution in [3.8, 4) is 16.9 Å². The molecule has 0 aliphatic heterocycles. The third-order valence-electron chi connectivity index (χ3n) is 3.91. The Morgan fingerprint density at radius 1 is 0.840 bits per heavy atom. The molecule has 2 heterocycles. The summed E-state index contributed by atoms with van der Waals surface area (Å²) in [4.78, 5) is 4.32. The zero-order valence-corrected chi connectivity index (χ0v) is 12.9. The van der Waals surface area contributed by atoms with Crippen LogP contribution in [0.2, 0.25) is 0 Å². The van der Waals surface area contributed by atoms with Gasteiger partial charge in [0.05, 0.1) is 16.9 Å². The first-order valence-electron chi connectivity index (χ1n) is 7.61. The fourth-order valence-corrected chi connectivity index (χ4v) is 2.78. The number of benzene rings is 2. The van der Waals surface area contributed by atoms with Crippen LogP contribution in [0.3, 0.4) is 0 Å². The van der Waals surface area contributed by atoms with E-state index in [0.29, 0.717) is 22.5 Å². The van der Waals surface area contributed by atoms with Crippen LogP contribution in [0.5, 0.6) is 0 Å². The first-order valence-corrected chi connectivity index (χ1v) is 7.61. The minimum atomic E-state index is -4.52. The minimum Gasteiger partial charge on any atom is -0.254 e. The molecule has 0 atom stereocenters. The summed E-state index contributed by atoms with van der Waals surface area (Å²) in [6, 6.07) is 19.0. The van der Waals surface area contributed by atoms with E-state index in [-0.39, 0.29) is 0 Å². The highest BCUT2D eigenvalue weighted by atomic mass is 19.4. The Labute approximate surface area is 141 Å². The van der Waals surface area contributed by atoms with Gasteiger partial charge in [0, 0.05) is 17.1 Å². The van der Waals surface area contributed by atoms with E-state index in [0.717, 1.165) is 11.5 Å². The number of pyridine rings is 1. The van der Waals surface area contributed by atoms with E-state index in [9.17, 15) is 13.2 Å². The number of hydrogen-bond donors (Lipinski definition) is 0. The zero-order chi connectivity index (χ0) is 17.4. The molecule has 0 saturated carbocycles. The number of nitrogens with zero attached hydrogens (tertiary/aromatic N) is 3. The van der Waals surface area contributed by atoms with Gasteiger partial charge in [0.15, 0.2) is 5.69 Å². The lowest BCUT2D eigenvalue weighted by Gasteiger charge is -2.10. The molecule has 0 bridgehead atoms. The number of aromatic nitrogens is 3. The smallest absolute Gasteiger partial charge is 0.254 e. The van der Waals surface area contributed by atoms with Gasteiger partial charge in [0.1, 0.15) is 0 Å². The fourth-order valence-electron chi connectivity index (χ4n) is 2.78. The second-order valence-corrected chi connectivity index (χ2v) is 5.54. The van der Waals surface area contributed by atoms with Crippen molar-refractivity contribution in [2.45, 2.75) is 6.18 Å². The third kappa shape index (κ3) is 2.76. The number of halogens is 3. The second kappa shape index (κ2) is 5.73. The molecule has 0 aliphatic carbocycles. The van der Waals surface area contributed by atoms with Crippen molar-refractivity contribution >= 4 is 10.9 Å². The van der Waals surface area contributed by atoms with Crippen LogP contribution in [0.15, 0.2) is 72.9 Å². The number of rotatable bonds is 2. The summed E-state index contributed by atoms with van der Waals surface area (Å²) in [7, 11) is 0. The summed E-state index contributed by atoms with van der Waals surface area (Å²) < 4.78 is 41.0. The molecule has 0 amide bonds. The summed E-state index contributed by atoms with van der Waals surface area (Å²) in [6.07, 6.45) is -2.91. The van der Waals surface area contributed by atoms with Gasteiger partial charge < -0.3 is 0 Å². The van der Waals surface area contributed by atoms with Crippen LogP contribution in [0.1, 0.15) is 5.69 Å². The maximum absolute atomic E-state index is 13.2. The van der Waals surface area contributed by atoms with E-state index in [2.05, 4.69) is 10.1 Å². The zero-order valence-electron chi connectivity index (χ0n) is 12.9. The molecule has 0 aliphatic rings. The van der Waals surface area contributed by atoms with Crippen molar-refractivity contribution < 1.29 is 13.2 Å². The van der Waals surface area contributed by atoms with E-state index in [1.54, 1.807) is 48.7 Å². The van der Waals surface area contributed by atoms with Gasteiger partial charge in [-0.3, -0.25) is 4.98 Å². The Morgan fingerprint density at radius 3 is 2.36 bits per heavy atom. The van der Waals surface area contributed by atoms with Gasteiger partial charge in [-0.15, -0.1) is 0 Å². The molecule has 3 nitrogen and oxygen atoms in total. The molecule has 2 aromatic carbocycles. The van der Waals surface area contributed by atoms with Gasteiger partial charge in [-0.05, 0) is 18.2 Å². The molecule has 0 N–H and O–H groups in total. The van der Waals surface area contributed by atoms with Gasteiger partial charge in [0.2, 0.25) is 0 Å². The van der Waals surface area contributed by atoms with Crippen LogP contribution in [0.25, 0.3) is 27.8 Å². The predicted octanol–water partition coefficient (Wildman–Crippen LogP) is 5.11. The maximum atomic E-state index is 13.2. The lowest BCUT2D eigenvalue weighted by molar-refractivity contribution is -0.141. The number of alkyl halides is 3. The molecule has 25 heavy (non-hydrogen) atoms. The van der Waals surface area contributed by atoms with E-state index in [1.165, 1.54) is 4.68 Å². The van der Waals surface area contributed by atoms with Crippen molar-refractivity contribution in [1.82, 2.24) is 14.8 Å². The lowest BCUT2D eigenvalue weighted by atomic mass is 10.1. The van der Waals surface area contributed by atoms with E-state index in [1.807, 2.05) is 18.2 Å². The monoisotopic (exact) mass is 339 g/mol. The molecule has 4 aromatic rings. The molecule has 0 unspecified atom stereocenters. The molecule has 0 saturated heterocycles. The van der Waals surface area contributed by atoms with Crippen LogP contribution < -0.4 is 0 Å². The van der Waals surface area contributed by atoms with Crippen LogP contribution >= 0.6 is 0 Å². The Hall–Kier alpha value is -3.15. The minimum absolute atomic E-state index is 0.367. The maximum Gasteiger partial charge on any atom is 0.435 e. The highest BCUT2D eigenvalue weighted by molar-refractivity contribution is 5.87. The van der Waals surface area contributed by atoms with Crippen molar-refractivity contribution in [3.05, 3.63) is 78.6 Å². The average molecular weight is 339 g/mol. The van der Waals surface area contributed by atoms with E-state index in [4.69, 9.17) is 0 Å². The summed E-state index contributed by atoms with van der Waals surface area (Å²) in [6.45, 7) is 0. The predicted molar refractivity (Wildman–Crippen MR) is 89.3 cm³/mol. The van der Waals surface area contributed by atoms with E-state index < -0.39 is 11.9 Å². The lowest BCUT2D eigenvalue weighted by Crippen LogP contribution is -2.07. The Morgan fingerprint density at radius 2 is 1.60 bits per heavy atom. The second-order valence-electron chi connectivity index (χ2n) is 5.54. The summed E-state index contributed by atoms with van der Waals surface area (Å²) in [5, 5.41) is 4.67. The quantitative estimate of drug-likeness (QED) is 0.508. The Bertz CT molecular complexity index is 1030. The van der Waals surface area contributed by atoms with Gasteiger partial charge in [-0.1, -0.05) is 48.5 Å². The molecule has 4 rings (SSSR count). The third-order valence-corrected chi connectivity index (χ3v) is 3.91. The largest absolute Gasteiger partial charge is 0.435 e. The van der Waals surface area contributed by atoms with Crippen molar-refractivity contribution in [2.75, 3.05) is 0 Å². The first-order chi connectivity index (χ1) is 12.0. The standard InChI is InChI=1S/C19H12F3N3/c20-19(21,22)17-12-16(13-6-2-1-3-7-13)25(24-17)15-10-4-8-14-9-5-11-23-18(14)15/h1-12H. The van der Waals surface area contributed by atoms with Crippen molar-refractivity contribution in [2.24, 2.45) is 0 Å². The summed E-state index contributed by atoms with van der Waals surface area (Å²) >= 11 is 0. The van der Waals surface area contributed by atoms with Crippen molar-refractivity contribution in [1.29, 1.82) is 0 Å². The Kier molecular flexibility index (Phi) is 3.53. The molecular weight excluding hydrogens is 327 g/mol. The highest BCUT2D eigenvalue weighted by Gasteiger charge is 2.35. The van der Waals surface area contributed by atoms with Crippen LogP contribution in [0, 0.1) is 0 Å². The molecular formula is C19H12F3N3. The van der Waals surface area contributed by atoms with Gasteiger partial charge in [0.25, 0.3) is 0 Å². The first kappa shape index (κ1) is 15.4. The molecule has 0 spiro atoms. The normalized spacial score (nSPS) is 11.8. The van der Waals surface area contributed by atoms with Crippen LogP contribution in [-0.4, -0.2) is 14.8 Å². The van der Waals surface area contributed by atoms with Crippen LogP contribution in [0.4, 0.5) is 13.2 Å². The van der Waals surface area contributed by atoms with Crippen molar-refractivity contribution in [3.63, 3.8) is 0 Å². The number of fused-ring (bicyclic) bond motifs is 1. The SMILES string of the molecule is FC(F)(F)c1cc(-c2ccccc2)n(-c2cccc3cccnc23)n1. The molecule has 124 valence electrons. The van der Waals surface area contributed by atoms with E-state index >= 15 is 0 Å². The fraction of sp³-hybridized carbons (Fsp3) is 0.0526. The molecule has 0 radical (unpaired) electrons. The topological polar surface area (TPSA) is 30.7 Å². The number of para-hydroxylation sites is 1. The average Bonchev–Trinajstić information content (AvgIpc) is 3.07. The summed E-state index contributed by atoms with van der Waals surface area (Å²) in [5.41, 5.74) is 1.19. The molecule has 2 aromatic heterocycles. The van der Waals surface area contributed by atoms with Gasteiger partial charge >= 0.3 is 6.18 Å². The molecule has 0 fully saturated rings. The number of hydrogen-bond acceptors (Lipinski definition) is 2. The van der Waals surface area contributed by atoms with Crippen LogP contribution in [-0.2, 0) is 6.18 Å². The van der Waals surface area contributed by atoms with Gasteiger partial charge in [-0.25, -0.2) is 4.68 Å². The molecule has 6 heteroatoms. The summed E-state index contributed by atoms with van der Waals surface area (Å²) in [5.74, 6) is 0. The Balaban J connectivity index is 2.02. The van der Waals surface area contributed by atoms with Gasteiger partial charge in [-0.2, -0.15) is 18.3 Å².